The zero-order valence-electron chi connectivity index (χ0n) is 10.9. The van der Waals surface area contributed by atoms with Crippen molar-refractivity contribution in [1.29, 1.82) is 0 Å². The van der Waals surface area contributed by atoms with Crippen molar-refractivity contribution in [1.82, 2.24) is 9.97 Å². The van der Waals surface area contributed by atoms with E-state index in [1.165, 1.54) is 12.3 Å². The fraction of sp³-hybridized carbons (Fsp3) is 0. The molecule has 1 aromatic heterocycles. The van der Waals surface area contributed by atoms with Gasteiger partial charge in [0.15, 0.2) is 0 Å². The number of carboxylic acid groups (broad SMARTS) is 2. The SMILES string of the molecule is O=C(O)/C=C\C(=O)Nc1ccnc(NC(=O)/C=C/C(=O)O)n1. The van der Waals surface area contributed by atoms with Crippen LogP contribution in [0, 0.1) is 0 Å². The second-order valence-corrected chi connectivity index (χ2v) is 3.59. The van der Waals surface area contributed by atoms with E-state index in [4.69, 9.17) is 10.2 Å². The van der Waals surface area contributed by atoms with E-state index in [0.29, 0.717) is 12.2 Å². The summed E-state index contributed by atoms with van der Waals surface area (Å²) in [6, 6.07) is 1.31. The van der Waals surface area contributed by atoms with Gasteiger partial charge in [-0.05, 0) is 6.07 Å². The van der Waals surface area contributed by atoms with Crippen molar-refractivity contribution >= 4 is 35.5 Å². The molecule has 4 N–H and O–H groups in total. The molecule has 0 aliphatic heterocycles. The molecule has 0 bridgehead atoms. The first-order chi connectivity index (χ1) is 10.4. The largest absolute Gasteiger partial charge is 0.478 e. The molecule has 0 aromatic carbocycles. The van der Waals surface area contributed by atoms with Crippen LogP contribution in [0.5, 0.6) is 0 Å². The van der Waals surface area contributed by atoms with Crippen molar-refractivity contribution in [2.24, 2.45) is 0 Å². The van der Waals surface area contributed by atoms with Gasteiger partial charge in [0.1, 0.15) is 5.82 Å². The molecule has 0 aliphatic carbocycles. The lowest BCUT2D eigenvalue weighted by molar-refractivity contribution is -0.132. The van der Waals surface area contributed by atoms with Crippen LogP contribution in [0.3, 0.4) is 0 Å². The highest BCUT2D eigenvalue weighted by molar-refractivity contribution is 6.03. The monoisotopic (exact) mass is 306 g/mol. The van der Waals surface area contributed by atoms with Crippen molar-refractivity contribution in [3.05, 3.63) is 36.6 Å². The van der Waals surface area contributed by atoms with Gasteiger partial charge in [0, 0.05) is 30.5 Å². The van der Waals surface area contributed by atoms with Gasteiger partial charge in [-0.2, -0.15) is 4.98 Å². The molecule has 1 heterocycles. The number of rotatable bonds is 6. The van der Waals surface area contributed by atoms with Crippen LogP contribution in [0.4, 0.5) is 11.8 Å². The summed E-state index contributed by atoms with van der Waals surface area (Å²) in [6.07, 6.45) is 4.08. The Kier molecular flexibility index (Phi) is 5.92. The third-order valence-corrected chi connectivity index (χ3v) is 1.90. The Morgan fingerprint density at radius 3 is 2.00 bits per heavy atom. The first kappa shape index (κ1) is 16.5. The minimum absolute atomic E-state index is 0.0209. The maximum Gasteiger partial charge on any atom is 0.328 e. The number of anilines is 2. The second-order valence-electron chi connectivity index (χ2n) is 3.59. The molecule has 0 saturated carbocycles. The van der Waals surface area contributed by atoms with E-state index in [-0.39, 0.29) is 11.8 Å². The van der Waals surface area contributed by atoms with Crippen molar-refractivity contribution in [2.75, 3.05) is 10.6 Å². The molecular weight excluding hydrogens is 296 g/mol. The van der Waals surface area contributed by atoms with Gasteiger partial charge >= 0.3 is 11.9 Å². The highest BCUT2D eigenvalue weighted by atomic mass is 16.4. The zero-order valence-corrected chi connectivity index (χ0v) is 10.9. The Hall–Kier alpha value is -3.56. The van der Waals surface area contributed by atoms with Crippen LogP contribution in [0.15, 0.2) is 36.6 Å². The van der Waals surface area contributed by atoms with E-state index in [9.17, 15) is 19.2 Å². The van der Waals surface area contributed by atoms with Crippen LogP contribution in [-0.2, 0) is 19.2 Å². The maximum absolute atomic E-state index is 11.3. The predicted molar refractivity (Wildman–Crippen MR) is 72.8 cm³/mol. The first-order valence-electron chi connectivity index (χ1n) is 5.64. The van der Waals surface area contributed by atoms with E-state index >= 15 is 0 Å². The summed E-state index contributed by atoms with van der Waals surface area (Å²) < 4.78 is 0. The normalized spacial score (nSPS) is 10.5. The summed E-state index contributed by atoms with van der Waals surface area (Å²) in [5, 5.41) is 21.2. The number of aromatic nitrogens is 2. The van der Waals surface area contributed by atoms with Gasteiger partial charge in [-0.3, -0.25) is 14.9 Å². The smallest absolute Gasteiger partial charge is 0.328 e. The van der Waals surface area contributed by atoms with Crippen LogP contribution in [0.2, 0.25) is 0 Å². The minimum atomic E-state index is -1.29. The molecule has 0 atom stereocenters. The van der Waals surface area contributed by atoms with E-state index in [1.54, 1.807) is 0 Å². The molecule has 0 spiro atoms. The molecule has 0 aliphatic rings. The number of hydrogen-bond donors (Lipinski definition) is 4. The van der Waals surface area contributed by atoms with Gasteiger partial charge in [0.25, 0.3) is 5.91 Å². The fourth-order valence-corrected chi connectivity index (χ4v) is 1.10. The molecule has 2 amide bonds. The molecule has 114 valence electrons. The van der Waals surface area contributed by atoms with Crippen molar-refractivity contribution in [3.8, 4) is 0 Å². The lowest BCUT2D eigenvalue weighted by Gasteiger charge is -2.03. The number of aliphatic carboxylic acids is 2. The Morgan fingerprint density at radius 1 is 0.909 bits per heavy atom. The van der Waals surface area contributed by atoms with Gasteiger partial charge < -0.3 is 15.5 Å². The summed E-state index contributed by atoms with van der Waals surface area (Å²) in [5.74, 6) is -4.22. The quantitative estimate of drug-likeness (QED) is 0.518. The Labute approximate surface area is 123 Å². The molecule has 0 fully saturated rings. The zero-order chi connectivity index (χ0) is 16.5. The van der Waals surface area contributed by atoms with Crippen LogP contribution < -0.4 is 10.6 Å². The molecule has 22 heavy (non-hydrogen) atoms. The van der Waals surface area contributed by atoms with Gasteiger partial charge in [0.2, 0.25) is 11.9 Å². The number of carbonyl (C=O) groups is 4. The molecule has 0 unspecified atom stereocenters. The molecule has 0 saturated heterocycles. The van der Waals surface area contributed by atoms with E-state index in [1.807, 2.05) is 0 Å². The topological polar surface area (TPSA) is 159 Å². The number of nitrogens with one attached hydrogen (secondary N) is 2. The second kappa shape index (κ2) is 7.89. The number of carboxylic acids is 2. The highest BCUT2D eigenvalue weighted by Gasteiger charge is 2.05. The average molecular weight is 306 g/mol. The number of hydrogen-bond acceptors (Lipinski definition) is 6. The van der Waals surface area contributed by atoms with Gasteiger partial charge in [0.05, 0.1) is 0 Å². The molecule has 0 radical (unpaired) electrons. The van der Waals surface area contributed by atoms with Crippen molar-refractivity contribution < 1.29 is 29.4 Å². The van der Waals surface area contributed by atoms with Crippen LogP contribution in [0.1, 0.15) is 0 Å². The lowest BCUT2D eigenvalue weighted by Crippen LogP contribution is -2.14. The lowest BCUT2D eigenvalue weighted by atomic mass is 10.4. The average Bonchev–Trinajstić information content (AvgIpc) is 2.43. The highest BCUT2D eigenvalue weighted by Crippen LogP contribution is 2.05. The van der Waals surface area contributed by atoms with Gasteiger partial charge in [-0.25, -0.2) is 14.6 Å². The summed E-state index contributed by atoms with van der Waals surface area (Å²) >= 11 is 0. The first-order valence-corrected chi connectivity index (χ1v) is 5.64. The fourth-order valence-electron chi connectivity index (χ4n) is 1.10. The Bertz CT molecular complexity index is 614. The van der Waals surface area contributed by atoms with E-state index < -0.39 is 23.8 Å². The third-order valence-electron chi connectivity index (χ3n) is 1.90. The van der Waals surface area contributed by atoms with Crippen molar-refractivity contribution in [2.45, 2.75) is 0 Å². The van der Waals surface area contributed by atoms with Crippen molar-refractivity contribution in [3.63, 3.8) is 0 Å². The summed E-state index contributed by atoms with van der Waals surface area (Å²) in [5.41, 5.74) is 0. The van der Waals surface area contributed by atoms with Crippen LogP contribution in [-0.4, -0.2) is 43.9 Å². The summed E-state index contributed by atoms with van der Waals surface area (Å²) in [6.45, 7) is 0. The third kappa shape index (κ3) is 6.56. The number of nitrogens with zero attached hydrogens (tertiary/aromatic N) is 2. The molecule has 1 aromatic rings. The maximum atomic E-state index is 11.3. The number of amides is 2. The molecule has 10 heteroatoms. The van der Waals surface area contributed by atoms with Gasteiger partial charge in [-0.15, -0.1) is 0 Å². The molecular formula is C12H10N4O6. The Morgan fingerprint density at radius 2 is 1.45 bits per heavy atom. The predicted octanol–water partition coefficient (Wildman–Crippen LogP) is -0.365. The number of carbonyl (C=O) groups excluding carboxylic acids is 2. The standard InChI is InChI=1S/C12H10N4O6/c17-8(1-3-10(19)20)14-7-5-6-13-12(15-7)16-9(18)2-4-11(21)22/h1-6H,(H,19,20)(H,21,22)(H2,13,14,15,16,17,18)/b3-1-,4-2+. The molecule has 10 nitrogen and oxygen atoms in total. The van der Waals surface area contributed by atoms with Gasteiger partial charge in [-0.1, -0.05) is 0 Å². The van der Waals surface area contributed by atoms with E-state index in [2.05, 4.69) is 20.6 Å². The van der Waals surface area contributed by atoms with Crippen LogP contribution >= 0.6 is 0 Å². The van der Waals surface area contributed by atoms with E-state index in [0.717, 1.165) is 12.2 Å². The molecule has 1 rings (SSSR count). The summed E-state index contributed by atoms with van der Waals surface area (Å²) in [7, 11) is 0. The minimum Gasteiger partial charge on any atom is -0.478 e. The van der Waals surface area contributed by atoms with Crippen LogP contribution in [0.25, 0.3) is 0 Å². The summed E-state index contributed by atoms with van der Waals surface area (Å²) in [4.78, 5) is 50.6. The Balaban J connectivity index is 2.70.